The first-order valence-electron chi connectivity index (χ1n) is 6.60. The summed E-state index contributed by atoms with van der Waals surface area (Å²) in [5.41, 5.74) is -0.157. The molecule has 1 aliphatic heterocycles. The maximum absolute atomic E-state index is 11.2. The molecule has 6 nitrogen and oxygen atoms in total. The van der Waals surface area contributed by atoms with E-state index in [9.17, 15) is 10.1 Å². The van der Waals surface area contributed by atoms with Crippen molar-refractivity contribution < 1.29 is 4.92 Å². The molecule has 102 valence electrons. The van der Waals surface area contributed by atoms with Gasteiger partial charge in [-0.05, 0) is 25.2 Å². The Morgan fingerprint density at radius 1 is 1.32 bits per heavy atom. The third kappa shape index (κ3) is 2.14. The van der Waals surface area contributed by atoms with E-state index in [1.54, 1.807) is 0 Å². The zero-order valence-electron chi connectivity index (χ0n) is 10.5. The zero-order valence-corrected chi connectivity index (χ0v) is 11.2. The van der Waals surface area contributed by atoms with Gasteiger partial charge >= 0.3 is 5.69 Å². The standard InChI is InChI=1S/C12H15ClN4O2/c13-11-10(17(18)19)12(15-7-14-11)16-6-5-8-3-1-2-4-9(8)16/h7-9H,1-6H2. The van der Waals surface area contributed by atoms with Crippen molar-refractivity contribution in [1.29, 1.82) is 0 Å². The summed E-state index contributed by atoms with van der Waals surface area (Å²) in [5.74, 6) is 1.03. The van der Waals surface area contributed by atoms with Crippen molar-refractivity contribution in [2.24, 2.45) is 5.92 Å². The van der Waals surface area contributed by atoms with Crippen LogP contribution in [-0.2, 0) is 0 Å². The fourth-order valence-electron chi connectivity index (χ4n) is 3.38. The second-order valence-corrected chi connectivity index (χ2v) is 5.55. The molecule has 1 saturated heterocycles. The van der Waals surface area contributed by atoms with Crippen LogP contribution >= 0.6 is 11.6 Å². The Hall–Kier alpha value is -1.43. The number of hydrogen-bond donors (Lipinski definition) is 0. The third-order valence-electron chi connectivity index (χ3n) is 4.22. The number of aromatic nitrogens is 2. The van der Waals surface area contributed by atoms with Gasteiger partial charge in [-0.2, -0.15) is 0 Å². The van der Waals surface area contributed by atoms with E-state index in [1.807, 2.05) is 0 Å². The van der Waals surface area contributed by atoms with Gasteiger partial charge in [0.2, 0.25) is 11.0 Å². The molecule has 2 unspecified atom stereocenters. The van der Waals surface area contributed by atoms with Gasteiger partial charge in [-0.15, -0.1) is 0 Å². The molecule has 0 amide bonds. The smallest absolute Gasteiger partial charge is 0.347 e. The molecule has 2 fully saturated rings. The van der Waals surface area contributed by atoms with Crippen molar-refractivity contribution in [3.63, 3.8) is 0 Å². The molecule has 2 atom stereocenters. The van der Waals surface area contributed by atoms with Crippen LogP contribution in [0.2, 0.25) is 5.15 Å². The summed E-state index contributed by atoms with van der Waals surface area (Å²) in [7, 11) is 0. The van der Waals surface area contributed by atoms with Crippen LogP contribution in [0.5, 0.6) is 0 Å². The number of halogens is 1. The van der Waals surface area contributed by atoms with Crippen LogP contribution in [0.25, 0.3) is 0 Å². The van der Waals surface area contributed by atoms with E-state index < -0.39 is 4.92 Å². The van der Waals surface area contributed by atoms with E-state index in [2.05, 4.69) is 14.9 Å². The van der Waals surface area contributed by atoms with E-state index in [0.29, 0.717) is 17.8 Å². The van der Waals surface area contributed by atoms with E-state index in [1.165, 1.54) is 25.6 Å². The fourth-order valence-corrected chi connectivity index (χ4v) is 3.58. The number of hydrogen-bond acceptors (Lipinski definition) is 5. The molecule has 0 bridgehead atoms. The average Bonchev–Trinajstić information content (AvgIpc) is 2.81. The minimum Gasteiger partial charge on any atom is -0.347 e. The predicted octanol–water partition coefficient (Wildman–Crippen LogP) is 2.81. The largest absolute Gasteiger partial charge is 0.348 e. The van der Waals surface area contributed by atoms with Gasteiger partial charge < -0.3 is 4.90 Å². The average molecular weight is 283 g/mol. The minimum atomic E-state index is -0.478. The maximum Gasteiger partial charge on any atom is 0.348 e. The van der Waals surface area contributed by atoms with E-state index in [-0.39, 0.29) is 10.8 Å². The maximum atomic E-state index is 11.2. The summed E-state index contributed by atoms with van der Waals surface area (Å²) < 4.78 is 0. The topological polar surface area (TPSA) is 72.2 Å². The summed E-state index contributed by atoms with van der Waals surface area (Å²) >= 11 is 5.86. The highest BCUT2D eigenvalue weighted by Crippen LogP contribution is 2.41. The molecular formula is C12H15ClN4O2. The Morgan fingerprint density at radius 2 is 2.11 bits per heavy atom. The van der Waals surface area contributed by atoms with Crippen molar-refractivity contribution in [3.05, 3.63) is 21.6 Å². The summed E-state index contributed by atoms with van der Waals surface area (Å²) in [6.45, 7) is 0.823. The highest BCUT2D eigenvalue weighted by molar-refractivity contribution is 6.31. The molecule has 0 spiro atoms. The van der Waals surface area contributed by atoms with Crippen LogP contribution in [0, 0.1) is 16.0 Å². The molecular weight excluding hydrogens is 268 g/mol. The van der Waals surface area contributed by atoms with Gasteiger partial charge in [-0.1, -0.05) is 24.4 Å². The van der Waals surface area contributed by atoms with Crippen molar-refractivity contribution >= 4 is 23.1 Å². The molecule has 7 heteroatoms. The molecule has 19 heavy (non-hydrogen) atoms. The van der Waals surface area contributed by atoms with E-state index in [0.717, 1.165) is 19.4 Å². The van der Waals surface area contributed by atoms with E-state index in [4.69, 9.17) is 11.6 Å². The van der Waals surface area contributed by atoms with Crippen molar-refractivity contribution in [3.8, 4) is 0 Å². The molecule has 2 heterocycles. The second kappa shape index (κ2) is 4.92. The Balaban J connectivity index is 1.98. The predicted molar refractivity (Wildman–Crippen MR) is 71.4 cm³/mol. The van der Waals surface area contributed by atoms with Gasteiger partial charge in [0.1, 0.15) is 6.33 Å². The van der Waals surface area contributed by atoms with Crippen LogP contribution in [0.3, 0.4) is 0 Å². The summed E-state index contributed by atoms with van der Waals surface area (Å²) in [6, 6.07) is 0.374. The summed E-state index contributed by atoms with van der Waals surface area (Å²) in [6.07, 6.45) is 7.15. The lowest BCUT2D eigenvalue weighted by Crippen LogP contribution is -2.35. The van der Waals surface area contributed by atoms with Crippen LogP contribution < -0.4 is 4.90 Å². The first-order valence-corrected chi connectivity index (χ1v) is 6.98. The van der Waals surface area contributed by atoms with Crippen LogP contribution in [0.1, 0.15) is 32.1 Å². The molecule has 0 radical (unpaired) electrons. The van der Waals surface area contributed by atoms with Crippen molar-refractivity contribution in [2.45, 2.75) is 38.1 Å². The van der Waals surface area contributed by atoms with Crippen molar-refractivity contribution in [2.75, 3.05) is 11.4 Å². The number of nitro groups is 1. The Bertz CT molecular complexity index is 511. The van der Waals surface area contributed by atoms with Crippen molar-refractivity contribution in [1.82, 2.24) is 9.97 Å². The molecule has 2 aliphatic rings. The molecule has 1 aliphatic carbocycles. The summed E-state index contributed by atoms with van der Waals surface area (Å²) in [4.78, 5) is 20.6. The first kappa shape index (κ1) is 12.6. The lowest BCUT2D eigenvalue weighted by molar-refractivity contribution is -0.384. The molecule has 1 aromatic heterocycles. The normalized spacial score (nSPS) is 26.3. The highest BCUT2D eigenvalue weighted by atomic mass is 35.5. The van der Waals surface area contributed by atoms with Gasteiger partial charge in [0, 0.05) is 12.6 Å². The minimum absolute atomic E-state index is 0.0748. The Morgan fingerprint density at radius 3 is 2.89 bits per heavy atom. The van der Waals surface area contributed by atoms with Gasteiger partial charge in [-0.25, -0.2) is 9.97 Å². The van der Waals surface area contributed by atoms with Crippen LogP contribution in [-0.4, -0.2) is 27.5 Å². The third-order valence-corrected chi connectivity index (χ3v) is 4.50. The lowest BCUT2D eigenvalue weighted by atomic mass is 9.85. The SMILES string of the molecule is O=[N+]([O-])c1c(Cl)ncnc1N1CCC2CCCCC21. The second-order valence-electron chi connectivity index (χ2n) is 5.19. The molecule has 1 aromatic rings. The fraction of sp³-hybridized carbons (Fsp3) is 0.667. The Kier molecular flexibility index (Phi) is 3.26. The molecule has 1 saturated carbocycles. The number of rotatable bonds is 2. The molecule has 0 N–H and O–H groups in total. The Labute approximate surface area is 115 Å². The number of nitrogens with zero attached hydrogens (tertiary/aromatic N) is 4. The number of fused-ring (bicyclic) bond motifs is 1. The zero-order chi connectivity index (χ0) is 13.4. The van der Waals surface area contributed by atoms with Crippen LogP contribution in [0.4, 0.5) is 11.5 Å². The molecule has 3 rings (SSSR count). The van der Waals surface area contributed by atoms with Crippen LogP contribution in [0.15, 0.2) is 6.33 Å². The first-order chi connectivity index (χ1) is 9.18. The quantitative estimate of drug-likeness (QED) is 0.474. The summed E-state index contributed by atoms with van der Waals surface area (Å²) in [5, 5.41) is 11.1. The van der Waals surface area contributed by atoms with Gasteiger partial charge in [0.15, 0.2) is 0 Å². The van der Waals surface area contributed by atoms with Gasteiger partial charge in [0.25, 0.3) is 0 Å². The van der Waals surface area contributed by atoms with Gasteiger partial charge in [0.05, 0.1) is 4.92 Å². The lowest BCUT2D eigenvalue weighted by Gasteiger charge is -2.31. The van der Waals surface area contributed by atoms with E-state index >= 15 is 0 Å². The number of anilines is 1. The molecule has 0 aromatic carbocycles. The van der Waals surface area contributed by atoms with Gasteiger partial charge in [-0.3, -0.25) is 10.1 Å². The highest BCUT2D eigenvalue weighted by Gasteiger charge is 2.39. The monoisotopic (exact) mass is 282 g/mol.